The first-order valence-electron chi connectivity index (χ1n) is 4.91. The zero-order chi connectivity index (χ0) is 11.1. The fraction of sp³-hybridized carbons (Fsp3) is 0.364. The summed E-state index contributed by atoms with van der Waals surface area (Å²) in [4.78, 5) is 11.1. The largest absolute Gasteiger partial charge is 0.366 e. The number of rotatable bonds is 6. The maximum Gasteiger partial charge on any atom is 0.249 e. The molecule has 1 aromatic carbocycles. The SMILES string of the molecule is NCCCSCc1ccccc1C(N)=O. The van der Waals surface area contributed by atoms with Crippen LogP contribution in [0.1, 0.15) is 22.3 Å². The number of benzene rings is 1. The van der Waals surface area contributed by atoms with Crippen LogP contribution >= 0.6 is 11.8 Å². The van der Waals surface area contributed by atoms with Crippen molar-refractivity contribution in [2.45, 2.75) is 12.2 Å². The molecule has 4 N–H and O–H groups in total. The summed E-state index contributed by atoms with van der Waals surface area (Å²) in [6, 6.07) is 7.45. The van der Waals surface area contributed by atoms with Crippen LogP contribution < -0.4 is 11.5 Å². The van der Waals surface area contributed by atoms with E-state index in [9.17, 15) is 4.79 Å². The van der Waals surface area contributed by atoms with Gasteiger partial charge in [0.1, 0.15) is 0 Å². The predicted molar refractivity (Wildman–Crippen MR) is 64.8 cm³/mol. The highest BCUT2D eigenvalue weighted by molar-refractivity contribution is 7.98. The minimum atomic E-state index is -0.356. The normalized spacial score (nSPS) is 10.2. The molecular weight excluding hydrogens is 208 g/mol. The summed E-state index contributed by atoms with van der Waals surface area (Å²) >= 11 is 1.77. The number of primary amides is 1. The van der Waals surface area contributed by atoms with Gasteiger partial charge in [0.05, 0.1) is 0 Å². The van der Waals surface area contributed by atoms with E-state index in [0.29, 0.717) is 12.1 Å². The first-order valence-corrected chi connectivity index (χ1v) is 6.06. The van der Waals surface area contributed by atoms with Crippen LogP contribution in [-0.4, -0.2) is 18.2 Å². The van der Waals surface area contributed by atoms with Gasteiger partial charge in [0.2, 0.25) is 5.91 Å². The van der Waals surface area contributed by atoms with Gasteiger partial charge in [-0.25, -0.2) is 0 Å². The lowest BCUT2D eigenvalue weighted by Crippen LogP contribution is -2.13. The summed E-state index contributed by atoms with van der Waals surface area (Å²) in [6.07, 6.45) is 1.00. The molecule has 0 fully saturated rings. The molecule has 0 radical (unpaired) electrons. The quantitative estimate of drug-likeness (QED) is 0.717. The van der Waals surface area contributed by atoms with E-state index >= 15 is 0 Å². The Labute approximate surface area is 94.2 Å². The summed E-state index contributed by atoms with van der Waals surface area (Å²) < 4.78 is 0. The van der Waals surface area contributed by atoms with E-state index in [2.05, 4.69) is 0 Å². The molecule has 0 aliphatic heterocycles. The van der Waals surface area contributed by atoms with Crippen molar-refractivity contribution in [3.63, 3.8) is 0 Å². The van der Waals surface area contributed by atoms with Gasteiger partial charge in [-0.05, 0) is 30.3 Å². The summed E-state index contributed by atoms with van der Waals surface area (Å²) in [7, 11) is 0. The van der Waals surface area contributed by atoms with Crippen LogP contribution in [0.15, 0.2) is 24.3 Å². The molecule has 1 rings (SSSR count). The van der Waals surface area contributed by atoms with E-state index in [0.717, 1.165) is 23.5 Å². The van der Waals surface area contributed by atoms with Gasteiger partial charge in [-0.1, -0.05) is 18.2 Å². The molecule has 0 unspecified atom stereocenters. The third kappa shape index (κ3) is 3.93. The molecule has 0 bridgehead atoms. The second-order valence-electron chi connectivity index (χ2n) is 3.22. The van der Waals surface area contributed by atoms with Crippen LogP contribution in [0.2, 0.25) is 0 Å². The Hall–Kier alpha value is -1.00. The molecule has 0 saturated carbocycles. The number of thioether (sulfide) groups is 1. The lowest BCUT2D eigenvalue weighted by molar-refractivity contribution is 0.0999. The minimum absolute atomic E-state index is 0.356. The van der Waals surface area contributed by atoms with Gasteiger partial charge in [0.15, 0.2) is 0 Å². The molecule has 0 aromatic heterocycles. The van der Waals surface area contributed by atoms with Crippen molar-refractivity contribution in [2.75, 3.05) is 12.3 Å². The fourth-order valence-electron chi connectivity index (χ4n) is 1.25. The van der Waals surface area contributed by atoms with Crippen molar-refractivity contribution < 1.29 is 4.79 Å². The van der Waals surface area contributed by atoms with Crippen molar-refractivity contribution in [3.05, 3.63) is 35.4 Å². The average molecular weight is 224 g/mol. The molecule has 0 saturated heterocycles. The third-order valence-electron chi connectivity index (χ3n) is 2.03. The zero-order valence-electron chi connectivity index (χ0n) is 8.61. The van der Waals surface area contributed by atoms with Crippen molar-refractivity contribution in [3.8, 4) is 0 Å². The van der Waals surface area contributed by atoms with Gasteiger partial charge in [0.25, 0.3) is 0 Å². The Morgan fingerprint density at radius 1 is 1.33 bits per heavy atom. The first kappa shape index (κ1) is 12.1. The van der Waals surface area contributed by atoms with Crippen LogP contribution in [0, 0.1) is 0 Å². The molecule has 3 nitrogen and oxygen atoms in total. The number of hydrogen-bond donors (Lipinski definition) is 2. The molecule has 0 aliphatic rings. The number of carbonyl (C=O) groups is 1. The molecule has 0 heterocycles. The predicted octanol–water partition coefficient (Wildman–Crippen LogP) is 1.37. The van der Waals surface area contributed by atoms with Crippen molar-refractivity contribution >= 4 is 17.7 Å². The van der Waals surface area contributed by atoms with E-state index in [4.69, 9.17) is 11.5 Å². The first-order chi connectivity index (χ1) is 7.25. The third-order valence-corrected chi connectivity index (χ3v) is 3.13. The monoisotopic (exact) mass is 224 g/mol. The van der Waals surface area contributed by atoms with Gasteiger partial charge in [0, 0.05) is 11.3 Å². The highest BCUT2D eigenvalue weighted by Gasteiger charge is 2.06. The standard InChI is InChI=1S/C11H16N2OS/c12-6-3-7-15-8-9-4-1-2-5-10(9)11(13)14/h1-2,4-5H,3,6-8,12H2,(H2,13,14). The van der Waals surface area contributed by atoms with Crippen LogP contribution in [0.25, 0.3) is 0 Å². The van der Waals surface area contributed by atoms with Crippen LogP contribution in [-0.2, 0) is 5.75 Å². The van der Waals surface area contributed by atoms with E-state index in [1.54, 1.807) is 17.8 Å². The van der Waals surface area contributed by atoms with Crippen LogP contribution in [0.3, 0.4) is 0 Å². The molecule has 82 valence electrons. The van der Waals surface area contributed by atoms with E-state index in [-0.39, 0.29) is 5.91 Å². The highest BCUT2D eigenvalue weighted by atomic mass is 32.2. The lowest BCUT2D eigenvalue weighted by atomic mass is 10.1. The summed E-state index contributed by atoms with van der Waals surface area (Å²) in [5, 5.41) is 0. The van der Waals surface area contributed by atoms with Gasteiger partial charge in [-0.15, -0.1) is 0 Å². The lowest BCUT2D eigenvalue weighted by Gasteiger charge is -2.05. The van der Waals surface area contributed by atoms with E-state index < -0.39 is 0 Å². The second kappa shape index (κ2) is 6.48. The van der Waals surface area contributed by atoms with Crippen molar-refractivity contribution in [2.24, 2.45) is 11.5 Å². The zero-order valence-corrected chi connectivity index (χ0v) is 9.43. The summed E-state index contributed by atoms with van der Waals surface area (Å²) in [6.45, 7) is 0.713. The highest BCUT2D eigenvalue weighted by Crippen LogP contribution is 2.16. The molecule has 15 heavy (non-hydrogen) atoms. The molecule has 0 spiro atoms. The maximum absolute atomic E-state index is 11.1. The van der Waals surface area contributed by atoms with Crippen LogP contribution in [0.5, 0.6) is 0 Å². The van der Waals surface area contributed by atoms with Gasteiger partial charge in [-0.2, -0.15) is 11.8 Å². The minimum Gasteiger partial charge on any atom is -0.366 e. The molecule has 1 amide bonds. The number of hydrogen-bond acceptors (Lipinski definition) is 3. The fourth-order valence-corrected chi connectivity index (χ4v) is 2.24. The number of amides is 1. The van der Waals surface area contributed by atoms with Crippen molar-refractivity contribution in [1.82, 2.24) is 0 Å². The smallest absolute Gasteiger partial charge is 0.249 e. The molecule has 0 aliphatic carbocycles. The topological polar surface area (TPSA) is 69.1 Å². The molecule has 0 atom stereocenters. The maximum atomic E-state index is 11.1. The Morgan fingerprint density at radius 3 is 2.73 bits per heavy atom. The molecular formula is C11H16N2OS. The van der Waals surface area contributed by atoms with Crippen molar-refractivity contribution in [1.29, 1.82) is 0 Å². The number of nitrogens with two attached hydrogens (primary N) is 2. The Kier molecular flexibility index (Phi) is 5.21. The second-order valence-corrected chi connectivity index (χ2v) is 4.32. The Bertz CT molecular complexity index is 328. The summed E-state index contributed by atoms with van der Waals surface area (Å²) in [5.74, 6) is 1.48. The van der Waals surface area contributed by atoms with E-state index in [1.165, 1.54) is 0 Å². The summed E-state index contributed by atoms with van der Waals surface area (Å²) in [5.41, 5.74) is 12.3. The molecule has 1 aromatic rings. The average Bonchev–Trinajstić information content (AvgIpc) is 2.25. The van der Waals surface area contributed by atoms with Gasteiger partial charge < -0.3 is 11.5 Å². The van der Waals surface area contributed by atoms with Crippen LogP contribution in [0.4, 0.5) is 0 Å². The molecule has 4 heteroatoms. The Morgan fingerprint density at radius 2 is 2.07 bits per heavy atom. The van der Waals surface area contributed by atoms with Gasteiger partial charge in [-0.3, -0.25) is 4.79 Å². The number of carbonyl (C=O) groups excluding carboxylic acids is 1. The van der Waals surface area contributed by atoms with Gasteiger partial charge >= 0.3 is 0 Å². The van der Waals surface area contributed by atoms with E-state index in [1.807, 2.05) is 18.2 Å². The Balaban J connectivity index is 2.56.